The van der Waals surface area contributed by atoms with Gasteiger partial charge in [-0.15, -0.1) is 0 Å². The van der Waals surface area contributed by atoms with Gasteiger partial charge in [0.15, 0.2) is 0 Å². The second kappa shape index (κ2) is 10.1. The second-order valence-corrected chi connectivity index (χ2v) is 8.60. The van der Waals surface area contributed by atoms with Crippen molar-refractivity contribution in [1.82, 2.24) is 4.98 Å². The number of carbonyl (C=O) groups excluding carboxylic acids is 1. The van der Waals surface area contributed by atoms with Gasteiger partial charge in [-0.3, -0.25) is 4.79 Å². The number of piperazine rings is 1. The molecule has 2 heterocycles. The molecule has 1 saturated heterocycles. The summed E-state index contributed by atoms with van der Waals surface area (Å²) in [4.78, 5) is 33.2. The molecule has 0 bridgehead atoms. The van der Waals surface area contributed by atoms with Crippen LogP contribution in [0.3, 0.4) is 0 Å². The number of nitrogens with zero attached hydrogens (tertiary/aromatic N) is 3. The van der Waals surface area contributed by atoms with Crippen molar-refractivity contribution in [2.24, 2.45) is 0 Å². The van der Waals surface area contributed by atoms with Gasteiger partial charge in [0.2, 0.25) is 5.91 Å². The van der Waals surface area contributed by atoms with Crippen LogP contribution in [0.2, 0.25) is 5.02 Å². The van der Waals surface area contributed by atoms with Crippen molar-refractivity contribution >= 4 is 51.6 Å². The molecule has 0 saturated carbocycles. The van der Waals surface area contributed by atoms with E-state index < -0.39 is 5.97 Å². The Morgan fingerprint density at radius 2 is 1.73 bits per heavy atom. The molecule has 0 unspecified atom stereocenters. The quantitative estimate of drug-likeness (QED) is 0.507. The highest BCUT2D eigenvalue weighted by Crippen LogP contribution is 2.28. The maximum atomic E-state index is 12.1. The van der Waals surface area contributed by atoms with Gasteiger partial charge in [0.05, 0.1) is 11.1 Å². The molecule has 0 spiro atoms. The predicted octanol–water partition coefficient (Wildman–Crippen LogP) is 5.04. The van der Waals surface area contributed by atoms with Crippen molar-refractivity contribution in [2.75, 3.05) is 41.3 Å². The Hall–Kier alpha value is -3.32. The molecule has 0 aliphatic carbocycles. The first-order valence-corrected chi connectivity index (χ1v) is 11.6. The molecule has 3 aromatic rings. The fourth-order valence-electron chi connectivity index (χ4n) is 4.03. The van der Waals surface area contributed by atoms with Gasteiger partial charge in [-0.25, -0.2) is 9.78 Å². The lowest BCUT2D eigenvalue weighted by atomic mass is 10.1. The summed E-state index contributed by atoms with van der Waals surface area (Å²) >= 11 is 5.99. The van der Waals surface area contributed by atoms with Crippen LogP contribution in [0.1, 0.15) is 36.5 Å². The highest BCUT2D eigenvalue weighted by molar-refractivity contribution is 6.30. The van der Waals surface area contributed by atoms with E-state index in [0.717, 1.165) is 44.7 Å². The van der Waals surface area contributed by atoms with Gasteiger partial charge in [0.25, 0.3) is 0 Å². The van der Waals surface area contributed by atoms with E-state index in [1.165, 1.54) is 0 Å². The van der Waals surface area contributed by atoms with Crippen LogP contribution in [0.5, 0.6) is 0 Å². The summed E-state index contributed by atoms with van der Waals surface area (Å²) in [6.07, 6.45) is 2.20. The van der Waals surface area contributed by atoms with Crippen LogP contribution in [0, 0.1) is 0 Å². The standard InChI is InChI=1S/C25H27ClN4O3/c1-2-3-4-24(31)27-18-7-10-22-20(15-18)21(25(32)33)16-23(28-22)30-13-11-29(12-14-30)19-8-5-17(26)6-9-19/h5-10,15-16H,2-4,11-14H2,1H3,(H,27,31)(H,32,33). The molecular formula is C25H27ClN4O3. The van der Waals surface area contributed by atoms with Gasteiger partial charge in [-0.2, -0.15) is 0 Å². The Morgan fingerprint density at radius 3 is 2.39 bits per heavy atom. The van der Waals surface area contributed by atoms with E-state index >= 15 is 0 Å². The van der Waals surface area contributed by atoms with Crippen LogP contribution in [0.25, 0.3) is 10.9 Å². The van der Waals surface area contributed by atoms with Gasteiger partial charge in [-0.05, 0) is 55.0 Å². The first kappa shape index (κ1) is 22.9. The summed E-state index contributed by atoms with van der Waals surface area (Å²) in [5.74, 6) is -0.440. The molecule has 172 valence electrons. The molecule has 4 rings (SSSR count). The van der Waals surface area contributed by atoms with Crippen LogP contribution in [-0.2, 0) is 4.79 Å². The molecule has 33 heavy (non-hydrogen) atoms. The number of aromatic nitrogens is 1. The molecule has 1 aliphatic heterocycles. The summed E-state index contributed by atoms with van der Waals surface area (Å²) < 4.78 is 0. The number of unbranched alkanes of at least 4 members (excludes halogenated alkanes) is 1. The average Bonchev–Trinajstić information content (AvgIpc) is 2.82. The Kier molecular flexibility index (Phi) is 6.99. The minimum atomic E-state index is -1.02. The Morgan fingerprint density at radius 1 is 1.03 bits per heavy atom. The number of hydrogen-bond donors (Lipinski definition) is 2. The van der Waals surface area contributed by atoms with Gasteiger partial charge in [0, 0.05) is 54.4 Å². The maximum absolute atomic E-state index is 12.1. The number of nitrogens with one attached hydrogen (secondary N) is 1. The van der Waals surface area contributed by atoms with E-state index in [1.54, 1.807) is 24.3 Å². The van der Waals surface area contributed by atoms with E-state index in [-0.39, 0.29) is 11.5 Å². The molecule has 2 N–H and O–H groups in total. The van der Waals surface area contributed by atoms with Crippen molar-refractivity contribution < 1.29 is 14.7 Å². The van der Waals surface area contributed by atoms with E-state index in [0.29, 0.717) is 33.9 Å². The summed E-state index contributed by atoms with van der Waals surface area (Å²) in [6.45, 7) is 5.08. The minimum absolute atomic E-state index is 0.0730. The molecule has 8 heteroatoms. The highest BCUT2D eigenvalue weighted by Gasteiger charge is 2.21. The maximum Gasteiger partial charge on any atom is 0.336 e. The number of carbonyl (C=O) groups is 2. The van der Waals surface area contributed by atoms with Gasteiger partial charge < -0.3 is 20.2 Å². The third kappa shape index (κ3) is 5.37. The number of amides is 1. The molecule has 1 aromatic heterocycles. The monoisotopic (exact) mass is 466 g/mol. The van der Waals surface area contributed by atoms with Crippen LogP contribution in [0.15, 0.2) is 48.5 Å². The van der Waals surface area contributed by atoms with Crippen molar-refractivity contribution in [3.05, 3.63) is 59.1 Å². The first-order valence-electron chi connectivity index (χ1n) is 11.2. The number of benzene rings is 2. The third-order valence-electron chi connectivity index (χ3n) is 5.86. The van der Waals surface area contributed by atoms with Crippen molar-refractivity contribution in [3.63, 3.8) is 0 Å². The smallest absolute Gasteiger partial charge is 0.336 e. The largest absolute Gasteiger partial charge is 0.478 e. The molecule has 2 aromatic carbocycles. The molecule has 1 amide bonds. The van der Waals surface area contributed by atoms with E-state index in [4.69, 9.17) is 16.6 Å². The first-order chi connectivity index (χ1) is 15.9. The lowest BCUT2D eigenvalue weighted by Crippen LogP contribution is -2.46. The zero-order valence-corrected chi connectivity index (χ0v) is 19.3. The van der Waals surface area contributed by atoms with E-state index in [9.17, 15) is 14.7 Å². The van der Waals surface area contributed by atoms with E-state index in [1.807, 2.05) is 31.2 Å². The zero-order valence-electron chi connectivity index (χ0n) is 18.6. The molecule has 0 radical (unpaired) electrons. The number of anilines is 3. The predicted molar refractivity (Wildman–Crippen MR) is 133 cm³/mol. The highest BCUT2D eigenvalue weighted by atomic mass is 35.5. The summed E-state index contributed by atoms with van der Waals surface area (Å²) in [5.41, 5.74) is 2.47. The normalized spacial score (nSPS) is 13.9. The SMILES string of the molecule is CCCCC(=O)Nc1ccc2nc(N3CCN(c4ccc(Cl)cc4)CC3)cc(C(=O)O)c2c1. The average molecular weight is 467 g/mol. The molecule has 1 fully saturated rings. The third-order valence-corrected chi connectivity index (χ3v) is 6.11. The van der Waals surface area contributed by atoms with Crippen molar-refractivity contribution in [1.29, 1.82) is 0 Å². The van der Waals surface area contributed by atoms with Crippen LogP contribution in [-0.4, -0.2) is 48.1 Å². The van der Waals surface area contributed by atoms with Gasteiger partial charge in [-0.1, -0.05) is 24.9 Å². The van der Waals surface area contributed by atoms with Crippen LogP contribution >= 0.6 is 11.6 Å². The Balaban J connectivity index is 1.54. The number of pyridine rings is 1. The second-order valence-electron chi connectivity index (χ2n) is 8.17. The van der Waals surface area contributed by atoms with E-state index in [2.05, 4.69) is 15.1 Å². The Bertz CT molecular complexity index is 1160. The van der Waals surface area contributed by atoms with Crippen LogP contribution in [0.4, 0.5) is 17.2 Å². The molecule has 7 nitrogen and oxygen atoms in total. The van der Waals surface area contributed by atoms with Gasteiger partial charge >= 0.3 is 5.97 Å². The number of hydrogen-bond acceptors (Lipinski definition) is 5. The topological polar surface area (TPSA) is 85.8 Å². The molecule has 1 aliphatic rings. The molecular weight excluding hydrogens is 440 g/mol. The number of fused-ring (bicyclic) bond motifs is 1. The number of aromatic carboxylic acids is 1. The number of rotatable bonds is 7. The fourth-order valence-corrected chi connectivity index (χ4v) is 4.16. The molecule has 0 atom stereocenters. The van der Waals surface area contributed by atoms with Crippen molar-refractivity contribution in [3.8, 4) is 0 Å². The van der Waals surface area contributed by atoms with Crippen LogP contribution < -0.4 is 15.1 Å². The summed E-state index contributed by atoms with van der Waals surface area (Å²) in [6, 6.07) is 14.6. The lowest BCUT2D eigenvalue weighted by molar-refractivity contribution is -0.116. The van der Waals surface area contributed by atoms with Gasteiger partial charge in [0.1, 0.15) is 5.82 Å². The number of halogens is 1. The lowest BCUT2D eigenvalue weighted by Gasteiger charge is -2.37. The summed E-state index contributed by atoms with van der Waals surface area (Å²) in [5, 5.41) is 13.9. The van der Waals surface area contributed by atoms with Crippen molar-refractivity contribution in [2.45, 2.75) is 26.2 Å². The Labute approximate surface area is 198 Å². The fraction of sp³-hybridized carbons (Fsp3) is 0.320. The number of carboxylic acids is 1. The summed E-state index contributed by atoms with van der Waals surface area (Å²) in [7, 11) is 0. The number of carboxylic acid groups (broad SMARTS) is 1. The zero-order chi connectivity index (χ0) is 23.4. The minimum Gasteiger partial charge on any atom is -0.478 e.